The van der Waals surface area contributed by atoms with Gasteiger partial charge in [0.1, 0.15) is 7.11 Å². The largest absolute Gasteiger partial charge is 0.399 e. The second kappa shape index (κ2) is 4.52. The second-order valence-corrected chi connectivity index (χ2v) is 2.24. The van der Waals surface area contributed by atoms with Crippen molar-refractivity contribution < 1.29 is 4.84 Å². The van der Waals surface area contributed by atoms with E-state index in [-0.39, 0.29) is 12.4 Å². The van der Waals surface area contributed by atoms with Gasteiger partial charge in [0, 0.05) is 12.5 Å². The van der Waals surface area contributed by atoms with Gasteiger partial charge in [0.2, 0.25) is 0 Å². The molecule has 1 fully saturated rings. The van der Waals surface area contributed by atoms with Crippen molar-refractivity contribution in [3.8, 4) is 0 Å². The van der Waals surface area contributed by atoms with Gasteiger partial charge in [-0.2, -0.15) is 0 Å². The summed E-state index contributed by atoms with van der Waals surface area (Å²) in [5.74, 6) is 0.634. The molecular formula is C6H13ClN2O. The molecule has 2 N–H and O–H groups in total. The average molecular weight is 165 g/mol. The van der Waals surface area contributed by atoms with Gasteiger partial charge in [0.25, 0.3) is 0 Å². The number of halogens is 1. The Morgan fingerprint density at radius 1 is 1.70 bits per heavy atom. The lowest BCUT2D eigenvalue weighted by Crippen LogP contribution is -2.15. The molecule has 0 aromatic heterocycles. The van der Waals surface area contributed by atoms with Gasteiger partial charge in [-0.25, -0.2) is 0 Å². The maximum Gasteiger partial charge on any atom is 0.106 e. The Bertz CT molecular complexity index is 123. The van der Waals surface area contributed by atoms with Gasteiger partial charge < -0.3 is 10.6 Å². The standard InChI is InChI=1S/C6H12N2O.ClH/c1-9-8-6(4-7)5-2-3-5;/h5H,2-4,7H2,1H3;1H. The van der Waals surface area contributed by atoms with Crippen LogP contribution < -0.4 is 5.73 Å². The normalized spacial score (nSPS) is 18.0. The van der Waals surface area contributed by atoms with Gasteiger partial charge in [-0.05, 0) is 12.8 Å². The molecule has 0 spiro atoms. The first-order chi connectivity index (χ1) is 4.38. The van der Waals surface area contributed by atoms with Crippen LogP contribution in [0.25, 0.3) is 0 Å². The summed E-state index contributed by atoms with van der Waals surface area (Å²) in [5.41, 5.74) is 6.40. The summed E-state index contributed by atoms with van der Waals surface area (Å²) >= 11 is 0. The van der Waals surface area contributed by atoms with Crippen LogP contribution in [-0.2, 0) is 4.84 Å². The molecule has 1 rings (SSSR count). The number of nitrogens with two attached hydrogens (primary N) is 1. The third-order valence-corrected chi connectivity index (χ3v) is 1.47. The molecule has 0 aliphatic heterocycles. The summed E-state index contributed by atoms with van der Waals surface area (Å²) < 4.78 is 0. The summed E-state index contributed by atoms with van der Waals surface area (Å²) in [6.07, 6.45) is 2.47. The van der Waals surface area contributed by atoms with Crippen molar-refractivity contribution in [2.75, 3.05) is 13.7 Å². The van der Waals surface area contributed by atoms with Crippen molar-refractivity contribution in [2.24, 2.45) is 16.8 Å². The van der Waals surface area contributed by atoms with Gasteiger partial charge in [-0.15, -0.1) is 12.4 Å². The van der Waals surface area contributed by atoms with Crippen molar-refractivity contribution >= 4 is 18.1 Å². The number of hydrogen-bond donors (Lipinski definition) is 1. The quantitative estimate of drug-likeness (QED) is 0.495. The summed E-state index contributed by atoms with van der Waals surface area (Å²) in [7, 11) is 1.55. The lowest BCUT2D eigenvalue weighted by Gasteiger charge is -1.96. The first kappa shape index (κ1) is 9.72. The van der Waals surface area contributed by atoms with Crippen molar-refractivity contribution in [2.45, 2.75) is 12.8 Å². The Hall–Kier alpha value is -0.280. The fourth-order valence-electron chi connectivity index (χ4n) is 0.812. The van der Waals surface area contributed by atoms with E-state index in [9.17, 15) is 0 Å². The summed E-state index contributed by atoms with van der Waals surface area (Å²) in [6.45, 7) is 0.540. The molecule has 4 heteroatoms. The lowest BCUT2D eigenvalue weighted by atomic mass is 10.2. The van der Waals surface area contributed by atoms with E-state index in [4.69, 9.17) is 5.73 Å². The molecule has 3 nitrogen and oxygen atoms in total. The highest BCUT2D eigenvalue weighted by Crippen LogP contribution is 2.30. The smallest absolute Gasteiger partial charge is 0.106 e. The first-order valence-electron chi connectivity index (χ1n) is 3.18. The van der Waals surface area contributed by atoms with Crippen LogP contribution in [0, 0.1) is 5.92 Å². The van der Waals surface area contributed by atoms with Crippen molar-refractivity contribution in [1.29, 1.82) is 0 Å². The van der Waals surface area contributed by atoms with E-state index in [1.54, 1.807) is 7.11 Å². The topological polar surface area (TPSA) is 47.6 Å². The number of rotatable bonds is 3. The molecule has 0 saturated heterocycles. The molecule has 1 saturated carbocycles. The Labute approximate surface area is 67.0 Å². The Morgan fingerprint density at radius 2 is 2.30 bits per heavy atom. The molecular weight excluding hydrogens is 152 g/mol. The molecule has 0 atom stereocenters. The highest BCUT2D eigenvalue weighted by molar-refractivity contribution is 5.89. The first-order valence-corrected chi connectivity index (χ1v) is 3.18. The van der Waals surface area contributed by atoms with Crippen LogP contribution >= 0.6 is 12.4 Å². The van der Waals surface area contributed by atoms with E-state index < -0.39 is 0 Å². The molecule has 0 aromatic carbocycles. The van der Waals surface area contributed by atoms with E-state index in [1.807, 2.05) is 0 Å². The van der Waals surface area contributed by atoms with Crippen LogP contribution in [-0.4, -0.2) is 19.4 Å². The predicted octanol–water partition coefficient (Wildman–Crippen LogP) is 0.779. The Kier molecular flexibility index (Phi) is 4.40. The maximum absolute atomic E-state index is 5.39. The maximum atomic E-state index is 5.39. The zero-order chi connectivity index (χ0) is 6.69. The summed E-state index contributed by atoms with van der Waals surface area (Å²) in [6, 6.07) is 0. The highest BCUT2D eigenvalue weighted by atomic mass is 35.5. The summed E-state index contributed by atoms with van der Waals surface area (Å²) in [4.78, 5) is 4.60. The second-order valence-electron chi connectivity index (χ2n) is 2.24. The Morgan fingerprint density at radius 3 is 2.60 bits per heavy atom. The van der Waals surface area contributed by atoms with Crippen molar-refractivity contribution in [3.05, 3.63) is 0 Å². The van der Waals surface area contributed by atoms with Gasteiger partial charge in [0.15, 0.2) is 0 Å². The number of nitrogens with zero attached hydrogens (tertiary/aromatic N) is 1. The van der Waals surface area contributed by atoms with Crippen LogP contribution in [0.2, 0.25) is 0 Å². The van der Waals surface area contributed by atoms with Crippen LogP contribution in [0.4, 0.5) is 0 Å². The molecule has 10 heavy (non-hydrogen) atoms. The van der Waals surface area contributed by atoms with Crippen LogP contribution in [0.1, 0.15) is 12.8 Å². The molecule has 1 aliphatic rings. The van der Waals surface area contributed by atoms with Gasteiger partial charge >= 0.3 is 0 Å². The highest BCUT2D eigenvalue weighted by Gasteiger charge is 2.26. The molecule has 1 aliphatic carbocycles. The monoisotopic (exact) mass is 164 g/mol. The van der Waals surface area contributed by atoms with Gasteiger partial charge in [-0.1, -0.05) is 5.16 Å². The zero-order valence-electron chi connectivity index (χ0n) is 6.04. The van der Waals surface area contributed by atoms with Crippen molar-refractivity contribution in [1.82, 2.24) is 0 Å². The SMILES string of the molecule is CON=C(CN)C1CC1.Cl. The van der Waals surface area contributed by atoms with Gasteiger partial charge in [0.05, 0.1) is 5.71 Å². The molecule has 0 aromatic rings. The molecule has 0 heterocycles. The predicted molar refractivity (Wildman–Crippen MR) is 43.5 cm³/mol. The minimum absolute atomic E-state index is 0. The van der Waals surface area contributed by atoms with Crippen LogP contribution in [0.5, 0.6) is 0 Å². The average Bonchev–Trinajstić information content (AvgIpc) is 2.64. The number of oxime groups is 1. The number of hydrogen-bond acceptors (Lipinski definition) is 3. The van der Waals surface area contributed by atoms with Crippen LogP contribution in [0.3, 0.4) is 0 Å². The lowest BCUT2D eigenvalue weighted by molar-refractivity contribution is 0.211. The third-order valence-electron chi connectivity index (χ3n) is 1.47. The zero-order valence-corrected chi connectivity index (χ0v) is 6.86. The van der Waals surface area contributed by atoms with Crippen LogP contribution in [0.15, 0.2) is 5.16 Å². The third kappa shape index (κ3) is 2.54. The molecule has 0 unspecified atom stereocenters. The van der Waals surface area contributed by atoms with E-state index >= 15 is 0 Å². The van der Waals surface area contributed by atoms with E-state index in [1.165, 1.54) is 12.8 Å². The molecule has 0 amide bonds. The van der Waals surface area contributed by atoms with E-state index in [0.717, 1.165) is 5.71 Å². The summed E-state index contributed by atoms with van der Waals surface area (Å²) in [5, 5.41) is 3.80. The van der Waals surface area contributed by atoms with E-state index in [0.29, 0.717) is 12.5 Å². The molecule has 0 bridgehead atoms. The molecule has 60 valence electrons. The Balaban J connectivity index is 0.000000810. The minimum Gasteiger partial charge on any atom is -0.399 e. The molecule has 0 radical (unpaired) electrons. The van der Waals surface area contributed by atoms with Gasteiger partial charge in [-0.3, -0.25) is 0 Å². The fraction of sp³-hybridized carbons (Fsp3) is 0.833. The minimum atomic E-state index is 0. The fourth-order valence-corrected chi connectivity index (χ4v) is 0.812. The van der Waals surface area contributed by atoms with E-state index in [2.05, 4.69) is 9.99 Å². The van der Waals surface area contributed by atoms with Crippen molar-refractivity contribution in [3.63, 3.8) is 0 Å².